The maximum atomic E-state index is 5.22. The molecule has 0 aliphatic carbocycles. The van der Waals surface area contributed by atoms with Gasteiger partial charge in [-0.25, -0.2) is 10.1 Å². The molecule has 0 amide bonds. The lowest BCUT2D eigenvalue weighted by Crippen LogP contribution is -1.92. The molecule has 2 aromatic rings. The maximum absolute atomic E-state index is 5.22. The summed E-state index contributed by atoms with van der Waals surface area (Å²) in [5.74, 6) is 1.90. The predicted octanol–water partition coefficient (Wildman–Crippen LogP) is 1.57. The van der Waals surface area contributed by atoms with Gasteiger partial charge in [0.2, 0.25) is 5.95 Å². The Hall–Kier alpha value is -2.37. The van der Waals surface area contributed by atoms with E-state index in [1.165, 1.54) is 6.33 Å². The van der Waals surface area contributed by atoms with Crippen LogP contribution < -0.4 is 9.47 Å². The molecule has 0 fully saturated rings. The monoisotopic (exact) mass is 232 g/mol. The fourth-order valence-electron chi connectivity index (χ4n) is 1.33. The number of ether oxygens (including phenoxy) is 2. The van der Waals surface area contributed by atoms with Crippen LogP contribution in [0, 0.1) is 0 Å². The highest BCUT2D eigenvalue weighted by atomic mass is 16.5. The van der Waals surface area contributed by atoms with Crippen LogP contribution in [0.15, 0.2) is 29.5 Å². The summed E-state index contributed by atoms with van der Waals surface area (Å²) in [6, 6.07) is 5.48. The molecule has 0 atom stereocenters. The minimum Gasteiger partial charge on any atom is -0.497 e. The molecule has 0 unspecified atom stereocenters. The Labute approximate surface area is 98.3 Å². The average Bonchev–Trinajstić information content (AvgIpc) is 2.89. The maximum Gasteiger partial charge on any atom is 0.245 e. The van der Waals surface area contributed by atoms with Crippen LogP contribution >= 0.6 is 0 Å². The van der Waals surface area contributed by atoms with Crippen molar-refractivity contribution >= 4 is 12.2 Å². The van der Waals surface area contributed by atoms with Crippen molar-refractivity contribution in [1.29, 1.82) is 0 Å². The van der Waals surface area contributed by atoms with Gasteiger partial charge in [0.25, 0.3) is 0 Å². The van der Waals surface area contributed by atoms with Gasteiger partial charge in [-0.15, -0.1) is 0 Å². The molecule has 0 spiro atoms. The van der Waals surface area contributed by atoms with Crippen molar-refractivity contribution < 1.29 is 9.47 Å². The van der Waals surface area contributed by atoms with E-state index >= 15 is 0 Å². The minimum atomic E-state index is 0.440. The first-order valence-corrected chi connectivity index (χ1v) is 4.95. The van der Waals surface area contributed by atoms with E-state index in [1.807, 2.05) is 18.2 Å². The summed E-state index contributed by atoms with van der Waals surface area (Å²) < 4.78 is 10.4. The molecule has 6 nitrogen and oxygen atoms in total. The number of rotatable bonds is 4. The highest BCUT2D eigenvalue weighted by Crippen LogP contribution is 2.22. The van der Waals surface area contributed by atoms with E-state index in [-0.39, 0.29) is 0 Å². The summed E-state index contributed by atoms with van der Waals surface area (Å²) in [7, 11) is 3.22. The van der Waals surface area contributed by atoms with Crippen LogP contribution in [0.3, 0.4) is 0 Å². The molecule has 2 rings (SSSR count). The van der Waals surface area contributed by atoms with Gasteiger partial charge in [-0.3, -0.25) is 0 Å². The number of nitrogens with zero attached hydrogens (tertiary/aromatic N) is 3. The molecule has 1 aromatic carbocycles. The lowest BCUT2D eigenvalue weighted by molar-refractivity contribution is 0.402. The van der Waals surface area contributed by atoms with Crippen LogP contribution in [-0.4, -0.2) is 35.6 Å². The number of aliphatic imine (C=N–C) groups is 1. The van der Waals surface area contributed by atoms with Crippen molar-refractivity contribution in [2.75, 3.05) is 14.2 Å². The Morgan fingerprint density at radius 3 is 2.82 bits per heavy atom. The van der Waals surface area contributed by atoms with Crippen molar-refractivity contribution in [2.24, 2.45) is 4.99 Å². The SMILES string of the molecule is COc1ccc(OC)c(/C=N/c2ncn[nH]2)c1. The normalized spacial score (nSPS) is 10.7. The van der Waals surface area contributed by atoms with Crippen LogP contribution in [0.25, 0.3) is 0 Å². The molecule has 1 N–H and O–H groups in total. The Balaban J connectivity index is 2.29. The summed E-state index contributed by atoms with van der Waals surface area (Å²) in [5.41, 5.74) is 0.809. The Bertz CT molecular complexity index is 508. The average molecular weight is 232 g/mol. The molecule has 0 saturated heterocycles. The molecule has 0 bridgehead atoms. The number of benzene rings is 1. The fourth-order valence-corrected chi connectivity index (χ4v) is 1.33. The molecule has 0 aliphatic heterocycles. The summed E-state index contributed by atoms with van der Waals surface area (Å²) in [4.78, 5) is 8.02. The van der Waals surface area contributed by atoms with Gasteiger partial charge in [-0.1, -0.05) is 0 Å². The van der Waals surface area contributed by atoms with Crippen molar-refractivity contribution in [1.82, 2.24) is 15.2 Å². The fraction of sp³-hybridized carbons (Fsp3) is 0.182. The van der Waals surface area contributed by atoms with Gasteiger partial charge in [0, 0.05) is 11.8 Å². The van der Waals surface area contributed by atoms with E-state index in [4.69, 9.17) is 9.47 Å². The van der Waals surface area contributed by atoms with Gasteiger partial charge >= 0.3 is 0 Å². The number of hydrogen-bond donors (Lipinski definition) is 1. The number of methoxy groups -OCH3 is 2. The first-order valence-electron chi connectivity index (χ1n) is 4.95. The number of aromatic amines is 1. The van der Waals surface area contributed by atoms with Crippen LogP contribution in [0.4, 0.5) is 5.95 Å². The molecule has 17 heavy (non-hydrogen) atoms. The number of hydrogen-bond acceptors (Lipinski definition) is 5. The standard InChI is InChI=1S/C11H12N4O2/c1-16-9-3-4-10(17-2)8(5-9)6-12-11-13-7-14-15-11/h3-7H,1-2H3,(H,13,14,15)/b12-6+. The second-order valence-corrected chi connectivity index (χ2v) is 3.18. The van der Waals surface area contributed by atoms with Gasteiger partial charge in [0.05, 0.1) is 14.2 Å². The molecule has 88 valence electrons. The third-order valence-electron chi connectivity index (χ3n) is 2.17. The molecular formula is C11H12N4O2. The van der Waals surface area contributed by atoms with Gasteiger partial charge in [0.15, 0.2) is 0 Å². The highest BCUT2D eigenvalue weighted by Gasteiger charge is 2.02. The Morgan fingerprint density at radius 1 is 1.29 bits per heavy atom. The third-order valence-corrected chi connectivity index (χ3v) is 2.17. The lowest BCUT2D eigenvalue weighted by Gasteiger charge is -2.06. The zero-order valence-corrected chi connectivity index (χ0v) is 9.54. The first kappa shape index (κ1) is 11.1. The molecule has 0 saturated carbocycles. The summed E-state index contributed by atoms with van der Waals surface area (Å²) in [6.07, 6.45) is 3.04. The Morgan fingerprint density at radius 2 is 2.18 bits per heavy atom. The largest absolute Gasteiger partial charge is 0.497 e. The summed E-state index contributed by atoms with van der Waals surface area (Å²) in [5, 5.41) is 6.35. The van der Waals surface area contributed by atoms with Gasteiger partial charge in [-0.05, 0) is 18.2 Å². The van der Waals surface area contributed by atoms with Crippen molar-refractivity contribution in [3.8, 4) is 11.5 Å². The molecule has 1 heterocycles. The first-order chi connectivity index (χ1) is 8.33. The quantitative estimate of drug-likeness (QED) is 0.812. The van der Waals surface area contributed by atoms with Gasteiger partial charge < -0.3 is 9.47 Å². The number of nitrogens with one attached hydrogen (secondary N) is 1. The number of aromatic nitrogens is 3. The number of H-pyrrole nitrogens is 1. The van der Waals surface area contributed by atoms with Crippen molar-refractivity contribution in [2.45, 2.75) is 0 Å². The zero-order chi connectivity index (χ0) is 12.1. The third kappa shape index (κ3) is 2.60. The molecule has 6 heteroatoms. The molecule has 0 aliphatic rings. The topological polar surface area (TPSA) is 72.4 Å². The van der Waals surface area contributed by atoms with Crippen LogP contribution in [0.1, 0.15) is 5.56 Å². The van der Waals surface area contributed by atoms with E-state index in [0.717, 1.165) is 11.3 Å². The lowest BCUT2D eigenvalue weighted by atomic mass is 10.2. The summed E-state index contributed by atoms with van der Waals surface area (Å²) in [6.45, 7) is 0. The second kappa shape index (κ2) is 5.11. The summed E-state index contributed by atoms with van der Waals surface area (Å²) >= 11 is 0. The van der Waals surface area contributed by atoms with Gasteiger partial charge in [-0.2, -0.15) is 10.1 Å². The highest BCUT2D eigenvalue weighted by molar-refractivity contribution is 5.85. The molecular weight excluding hydrogens is 220 g/mol. The van der Waals surface area contributed by atoms with Crippen LogP contribution in [-0.2, 0) is 0 Å². The molecule has 0 radical (unpaired) electrons. The zero-order valence-electron chi connectivity index (χ0n) is 9.54. The van der Waals surface area contributed by atoms with E-state index in [9.17, 15) is 0 Å². The van der Waals surface area contributed by atoms with Gasteiger partial charge in [0.1, 0.15) is 17.8 Å². The van der Waals surface area contributed by atoms with Crippen molar-refractivity contribution in [3.63, 3.8) is 0 Å². The minimum absolute atomic E-state index is 0.440. The van der Waals surface area contributed by atoms with E-state index in [1.54, 1.807) is 20.4 Å². The predicted molar refractivity (Wildman–Crippen MR) is 63.2 cm³/mol. The molecule has 1 aromatic heterocycles. The van der Waals surface area contributed by atoms with Crippen molar-refractivity contribution in [3.05, 3.63) is 30.1 Å². The smallest absolute Gasteiger partial charge is 0.245 e. The van der Waals surface area contributed by atoms with E-state index in [2.05, 4.69) is 20.2 Å². The van der Waals surface area contributed by atoms with E-state index in [0.29, 0.717) is 11.7 Å². The Kier molecular flexibility index (Phi) is 3.34. The van der Waals surface area contributed by atoms with Crippen LogP contribution in [0.2, 0.25) is 0 Å². The van der Waals surface area contributed by atoms with E-state index < -0.39 is 0 Å². The second-order valence-electron chi connectivity index (χ2n) is 3.18. The van der Waals surface area contributed by atoms with Crippen LogP contribution in [0.5, 0.6) is 11.5 Å².